The Hall–Kier alpha value is -2.92. The zero-order chi connectivity index (χ0) is 24.0. The fourth-order valence-corrected chi connectivity index (χ4v) is 4.03. The highest BCUT2D eigenvalue weighted by atomic mass is 32.2. The van der Waals surface area contributed by atoms with Crippen molar-refractivity contribution < 1.29 is 31.5 Å². The third-order valence-corrected chi connectivity index (χ3v) is 6.22. The molecular weight excluding hydrogens is 456 g/mol. The maximum atomic E-state index is 13.7. The molecule has 1 aromatic heterocycles. The number of alkyl halides is 2. The van der Waals surface area contributed by atoms with E-state index in [1.165, 1.54) is 42.7 Å². The molecule has 1 aromatic carbocycles. The van der Waals surface area contributed by atoms with E-state index in [0.717, 1.165) is 6.26 Å². The van der Waals surface area contributed by atoms with Crippen molar-refractivity contribution in [2.75, 3.05) is 31.9 Å². The molecule has 1 amide bonds. The van der Waals surface area contributed by atoms with Gasteiger partial charge >= 0.3 is 0 Å². The first-order valence-electron chi connectivity index (χ1n) is 10.2. The first-order chi connectivity index (χ1) is 15.7. The van der Waals surface area contributed by atoms with Crippen molar-refractivity contribution in [3.63, 3.8) is 0 Å². The highest BCUT2D eigenvalue weighted by molar-refractivity contribution is 7.90. The standard InChI is InChI=1S/C22H25F2N3O5S/c1-31-7-8-32-21-13-25-20(12-26-21)27-22(28)17(9-14-10-18(23)19(24)11-14)15-3-5-16(6-4-15)33(2,29)30/h3-6,9,12-14,18-19H,7-8,10-11H2,1-2H3,(H,25,27,28)/b17-9+/t14-,18+,19-. The van der Waals surface area contributed by atoms with Gasteiger partial charge in [-0.05, 0) is 36.5 Å². The maximum absolute atomic E-state index is 13.7. The normalized spacial score (nSPS) is 21.1. The van der Waals surface area contributed by atoms with Crippen LogP contribution in [0.3, 0.4) is 0 Å². The number of anilines is 1. The number of hydrogen-bond donors (Lipinski definition) is 1. The van der Waals surface area contributed by atoms with Gasteiger partial charge in [0.05, 0.1) is 23.9 Å². The lowest BCUT2D eigenvalue weighted by Crippen LogP contribution is -2.16. The monoisotopic (exact) mass is 481 g/mol. The zero-order valence-corrected chi connectivity index (χ0v) is 19.0. The van der Waals surface area contributed by atoms with Crippen molar-refractivity contribution in [1.82, 2.24) is 9.97 Å². The summed E-state index contributed by atoms with van der Waals surface area (Å²) < 4.78 is 61.1. The Balaban J connectivity index is 1.82. The Morgan fingerprint density at radius 1 is 1.12 bits per heavy atom. The topological polar surface area (TPSA) is 107 Å². The summed E-state index contributed by atoms with van der Waals surface area (Å²) in [4.78, 5) is 21.3. The molecule has 178 valence electrons. The van der Waals surface area contributed by atoms with Crippen molar-refractivity contribution in [3.8, 4) is 5.88 Å². The summed E-state index contributed by atoms with van der Waals surface area (Å²) in [5.41, 5.74) is 0.564. The van der Waals surface area contributed by atoms with Crippen LogP contribution in [-0.4, -0.2) is 63.2 Å². The van der Waals surface area contributed by atoms with Gasteiger partial charge in [-0.15, -0.1) is 0 Å². The number of carbonyl (C=O) groups excluding carboxylic acids is 1. The molecule has 33 heavy (non-hydrogen) atoms. The average molecular weight is 482 g/mol. The van der Waals surface area contributed by atoms with Crippen LogP contribution in [0.25, 0.3) is 5.57 Å². The van der Waals surface area contributed by atoms with E-state index in [0.29, 0.717) is 18.8 Å². The number of methoxy groups -OCH3 is 1. The van der Waals surface area contributed by atoms with E-state index < -0.39 is 34.0 Å². The van der Waals surface area contributed by atoms with Crippen LogP contribution in [-0.2, 0) is 19.4 Å². The molecule has 0 bridgehead atoms. The van der Waals surface area contributed by atoms with Crippen molar-refractivity contribution >= 4 is 27.1 Å². The SMILES string of the molecule is COCCOc1cnc(NC(=O)/C(=C/[C@H]2C[C@@H](F)[C@@H](F)C2)c2ccc(S(C)(=O)=O)cc2)cn1. The van der Waals surface area contributed by atoms with E-state index in [1.807, 2.05) is 0 Å². The second kappa shape index (κ2) is 10.8. The third kappa shape index (κ3) is 6.78. The molecule has 0 spiro atoms. The number of nitrogens with one attached hydrogen (secondary N) is 1. The number of sulfone groups is 1. The van der Waals surface area contributed by atoms with Crippen LogP contribution in [0.15, 0.2) is 47.6 Å². The Labute approximate surface area is 191 Å². The number of carbonyl (C=O) groups is 1. The molecule has 1 fully saturated rings. The molecule has 1 saturated carbocycles. The number of benzene rings is 1. The van der Waals surface area contributed by atoms with Crippen molar-refractivity contribution in [3.05, 3.63) is 48.3 Å². The number of hydrogen-bond acceptors (Lipinski definition) is 7. The van der Waals surface area contributed by atoms with Crippen LogP contribution in [0.5, 0.6) is 5.88 Å². The van der Waals surface area contributed by atoms with Gasteiger partial charge in [0.2, 0.25) is 5.88 Å². The summed E-state index contributed by atoms with van der Waals surface area (Å²) in [5.74, 6) is -0.642. The fraction of sp³-hybridized carbons (Fsp3) is 0.409. The molecule has 0 saturated heterocycles. The lowest BCUT2D eigenvalue weighted by molar-refractivity contribution is -0.111. The van der Waals surface area contributed by atoms with Crippen LogP contribution in [0.4, 0.5) is 14.6 Å². The number of allylic oxidation sites excluding steroid dienone is 1. The summed E-state index contributed by atoms with van der Waals surface area (Å²) >= 11 is 0. The smallest absolute Gasteiger partial charge is 0.257 e. The van der Waals surface area contributed by atoms with Gasteiger partial charge in [0.25, 0.3) is 5.91 Å². The summed E-state index contributed by atoms with van der Waals surface area (Å²) in [6, 6.07) is 5.72. The van der Waals surface area contributed by atoms with Gasteiger partial charge in [-0.1, -0.05) is 18.2 Å². The molecule has 0 unspecified atom stereocenters. The molecule has 3 atom stereocenters. The number of nitrogens with zero attached hydrogens (tertiary/aromatic N) is 2. The van der Waals surface area contributed by atoms with Gasteiger partial charge in [0.1, 0.15) is 19.0 Å². The van der Waals surface area contributed by atoms with Gasteiger partial charge in [0.15, 0.2) is 15.7 Å². The molecule has 0 radical (unpaired) electrons. The first kappa shape index (κ1) is 24.7. The Kier molecular flexibility index (Phi) is 8.09. The van der Waals surface area contributed by atoms with E-state index >= 15 is 0 Å². The predicted octanol–water partition coefficient (Wildman–Crippen LogP) is 3.01. The molecule has 8 nitrogen and oxygen atoms in total. The molecule has 0 aliphatic heterocycles. The number of ether oxygens (including phenoxy) is 2. The third-order valence-electron chi connectivity index (χ3n) is 5.10. The minimum absolute atomic E-state index is 0.0350. The Morgan fingerprint density at radius 3 is 2.33 bits per heavy atom. The molecule has 1 aliphatic rings. The number of rotatable bonds is 9. The summed E-state index contributed by atoms with van der Waals surface area (Å²) in [7, 11) is -1.88. The largest absolute Gasteiger partial charge is 0.474 e. The number of amides is 1. The van der Waals surface area contributed by atoms with Gasteiger partial charge in [0, 0.05) is 18.9 Å². The summed E-state index contributed by atoms with van der Waals surface area (Å²) in [6.45, 7) is 0.673. The Bertz CT molecular complexity index is 1080. The molecule has 1 heterocycles. The quantitative estimate of drug-likeness (QED) is 0.433. The molecule has 2 aromatic rings. The van der Waals surface area contributed by atoms with Gasteiger partial charge in [-0.3, -0.25) is 4.79 Å². The van der Waals surface area contributed by atoms with Crippen molar-refractivity contribution in [1.29, 1.82) is 0 Å². The molecule has 1 N–H and O–H groups in total. The lowest BCUT2D eigenvalue weighted by atomic mass is 9.98. The van der Waals surface area contributed by atoms with Gasteiger partial charge in [-0.2, -0.15) is 0 Å². The van der Waals surface area contributed by atoms with Crippen LogP contribution >= 0.6 is 0 Å². The highest BCUT2D eigenvalue weighted by Gasteiger charge is 2.34. The minimum atomic E-state index is -3.42. The van der Waals surface area contributed by atoms with Crippen LogP contribution in [0, 0.1) is 5.92 Å². The zero-order valence-electron chi connectivity index (χ0n) is 18.2. The van der Waals surface area contributed by atoms with E-state index in [9.17, 15) is 22.0 Å². The number of halogens is 2. The van der Waals surface area contributed by atoms with Crippen molar-refractivity contribution in [2.45, 2.75) is 30.1 Å². The van der Waals surface area contributed by atoms with E-state index in [1.54, 1.807) is 7.11 Å². The lowest BCUT2D eigenvalue weighted by Gasteiger charge is -2.12. The summed E-state index contributed by atoms with van der Waals surface area (Å²) in [5, 5.41) is 2.61. The molecule has 11 heteroatoms. The van der Waals surface area contributed by atoms with E-state index in [2.05, 4.69) is 15.3 Å². The van der Waals surface area contributed by atoms with Gasteiger partial charge < -0.3 is 14.8 Å². The first-order valence-corrected chi connectivity index (χ1v) is 12.1. The number of aromatic nitrogens is 2. The fourth-order valence-electron chi connectivity index (χ4n) is 3.39. The highest BCUT2D eigenvalue weighted by Crippen LogP contribution is 2.34. The second-order valence-electron chi connectivity index (χ2n) is 7.68. The Morgan fingerprint density at radius 2 is 1.79 bits per heavy atom. The predicted molar refractivity (Wildman–Crippen MR) is 118 cm³/mol. The van der Waals surface area contributed by atoms with Gasteiger partial charge in [-0.25, -0.2) is 27.2 Å². The van der Waals surface area contributed by atoms with Crippen LogP contribution < -0.4 is 10.1 Å². The minimum Gasteiger partial charge on any atom is -0.474 e. The second-order valence-corrected chi connectivity index (χ2v) is 9.69. The van der Waals surface area contributed by atoms with Crippen molar-refractivity contribution in [2.24, 2.45) is 5.92 Å². The molecule has 3 rings (SSSR count). The van der Waals surface area contributed by atoms with Crippen LogP contribution in [0.2, 0.25) is 0 Å². The maximum Gasteiger partial charge on any atom is 0.257 e. The molecular formula is C22H25F2N3O5S. The average Bonchev–Trinajstić information content (AvgIpc) is 3.10. The molecule has 1 aliphatic carbocycles. The van der Waals surface area contributed by atoms with E-state index in [-0.39, 0.29) is 35.0 Å². The van der Waals surface area contributed by atoms with E-state index in [4.69, 9.17) is 9.47 Å². The summed E-state index contributed by atoms with van der Waals surface area (Å²) in [6.07, 6.45) is 2.02. The van der Waals surface area contributed by atoms with Crippen LogP contribution in [0.1, 0.15) is 18.4 Å².